The summed E-state index contributed by atoms with van der Waals surface area (Å²) in [5.74, 6) is 0.514. The molecule has 1 aromatic heterocycles. The smallest absolute Gasteiger partial charge is 0.276 e. The lowest BCUT2D eigenvalue weighted by atomic mass is 10.1. The van der Waals surface area contributed by atoms with Gasteiger partial charge in [-0.2, -0.15) is 5.10 Å². The van der Waals surface area contributed by atoms with Crippen LogP contribution in [-0.4, -0.2) is 52.9 Å². The van der Waals surface area contributed by atoms with Gasteiger partial charge in [0.05, 0.1) is 17.7 Å². The lowest BCUT2D eigenvalue weighted by Gasteiger charge is -2.16. The molecule has 0 radical (unpaired) electrons. The van der Waals surface area contributed by atoms with Gasteiger partial charge >= 0.3 is 0 Å². The average Bonchev–Trinajstić information content (AvgIpc) is 3.29. The first-order chi connectivity index (χ1) is 12.5. The predicted molar refractivity (Wildman–Crippen MR) is 100 cm³/mol. The van der Waals surface area contributed by atoms with Crippen LogP contribution in [0.25, 0.3) is 17.0 Å². The quantitative estimate of drug-likeness (QED) is 0.856. The second-order valence-corrected chi connectivity index (χ2v) is 6.89. The van der Waals surface area contributed by atoms with Gasteiger partial charge in [0.1, 0.15) is 5.70 Å². The monoisotopic (exact) mass is 353 g/mol. The Kier molecular flexibility index (Phi) is 4.24. The minimum absolute atomic E-state index is 0.0815. The second-order valence-electron chi connectivity index (χ2n) is 6.89. The molecule has 2 heterocycles. The predicted octanol–water partition coefficient (Wildman–Crippen LogP) is 1.90. The topological polar surface area (TPSA) is 71.7 Å². The fourth-order valence-corrected chi connectivity index (χ4v) is 3.66. The number of carbonyl (C=O) groups excluding carboxylic acids is 1. The molecular weight excluding hydrogens is 330 g/mol. The highest BCUT2D eigenvalue weighted by Gasteiger charge is 2.32. The number of benzene rings is 1. The molecule has 1 amide bonds. The Morgan fingerprint density at radius 1 is 1.35 bits per heavy atom. The minimum Gasteiger partial charge on any atom is -0.379 e. The van der Waals surface area contributed by atoms with Crippen LogP contribution in [0.1, 0.15) is 24.8 Å². The number of hydrogen-bond acceptors (Lipinski definition) is 4. The summed E-state index contributed by atoms with van der Waals surface area (Å²) < 4.78 is 7.29. The van der Waals surface area contributed by atoms with E-state index in [1.54, 1.807) is 23.7 Å². The van der Waals surface area contributed by atoms with E-state index in [9.17, 15) is 4.79 Å². The Bertz CT molecular complexity index is 914. The van der Waals surface area contributed by atoms with Gasteiger partial charge in [-0.05, 0) is 43.0 Å². The summed E-state index contributed by atoms with van der Waals surface area (Å²) in [6.45, 7) is 0. The number of rotatable bonds is 3. The summed E-state index contributed by atoms with van der Waals surface area (Å²) in [7, 11) is 5.37. The van der Waals surface area contributed by atoms with E-state index in [1.807, 2.05) is 37.5 Å². The van der Waals surface area contributed by atoms with Crippen LogP contribution >= 0.6 is 0 Å². The number of ether oxygens (including phenoxy) is 1. The van der Waals surface area contributed by atoms with E-state index in [0.29, 0.717) is 11.7 Å². The van der Waals surface area contributed by atoms with E-state index >= 15 is 0 Å². The van der Waals surface area contributed by atoms with Crippen LogP contribution in [0.15, 0.2) is 35.1 Å². The Morgan fingerprint density at radius 2 is 2.19 bits per heavy atom. The molecule has 7 nitrogen and oxygen atoms in total. The molecule has 1 saturated carbocycles. The fourth-order valence-electron chi connectivity index (χ4n) is 3.66. The molecule has 26 heavy (non-hydrogen) atoms. The summed E-state index contributed by atoms with van der Waals surface area (Å²) in [5, 5.41) is 8.59. The van der Waals surface area contributed by atoms with Crippen molar-refractivity contribution in [3.8, 4) is 0 Å². The molecule has 4 rings (SSSR count). The van der Waals surface area contributed by atoms with Crippen molar-refractivity contribution < 1.29 is 9.53 Å². The molecule has 2 fully saturated rings. The first kappa shape index (κ1) is 16.8. The van der Waals surface area contributed by atoms with Crippen molar-refractivity contribution in [1.29, 1.82) is 0 Å². The molecule has 0 unspecified atom stereocenters. The number of aromatic nitrogens is 2. The van der Waals surface area contributed by atoms with Gasteiger partial charge in [-0.1, -0.05) is 6.07 Å². The number of aliphatic imine (C=N–C) groups is 1. The molecular formula is C19H23N5O2. The highest BCUT2D eigenvalue weighted by molar-refractivity contribution is 6.15. The molecule has 0 bridgehead atoms. The number of aryl methyl sites for hydroxylation is 1. The van der Waals surface area contributed by atoms with E-state index in [0.717, 1.165) is 35.7 Å². The minimum atomic E-state index is -0.0815. The Morgan fingerprint density at radius 3 is 3.00 bits per heavy atom. The van der Waals surface area contributed by atoms with Crippen molar-refractivity contribution in [3.63, 3.8) is 0 Å². The molecule has 136 valence electrons. The van der Waals surface area contributed by atoms with Crippen molar-refractivity contribution in [2.75, 3.05) is 14.2 Å². The lowest BCUT2D eigenvalue weighted by molar-refractivity contribution is -0.121. The SMILES string of the molecule is CO[C@H]1CCC[C@@H]1N=C1N/C(=C\c2ccc3nn(C)cc3c2)C(=O)N1C. The van der Waals surface area contributed by atoms with Gasteiger partial charge < -0.3 is 10.1 Å². The molecule has 1 aliphatic carbocycles. The first-order valence-corrected chi connectivity index (χ1v) is 8.86. The van der Waals surface area contributed by atoms with Gasteiger partial charge in [0, 0.05) is 32.8 Å². The molecule has 1 saturated heterocycles. The second kappa shape index (κ2) is 6.57. The number of nitrogens with one attached hydrogen (secondary N) is 1. The summed E-state index contributed by atoms with van der Waals surface area (Å²) in [5.41, 5.74) is 2.42. The molecule has 2 aliphatic rings. The van der Waals surface area contributed by atoms with Gasteiger partial charge in [0.25, 0.3) is 5.91 Å². The van der Waals surface area contributed by atoms with Crippen molar-refractivity contribution in [2.24, 2.45) is 12.0 Å². The zero-order valence-electron chi connectivity index (χ0n) is 15.3. The van der Waals surface area contributed by atoms with Crippen LogP contribution in [0.4, 0.5) is 0 Å². The number of fused-ring (bicyclic) bond motifs is 1. The fraction of sp³-hybridized carbons (Fsp3) is 0.421. The zero-order chi connectivity index (χ0) is 18.3. The molecule has 2 atom stereocenters. The number of amides is 1. The van der Waals surface area contributed by atoms with Gasteiger partial charge in [0.2, 0.25) is 5.96 Å². The molecule has 2 aromatic rings. The highest BCUT2D eigenvalue weighted by Crippen LogP contribution is 2.25. The van der Waals surface area contributed by atoms with Gasteiger partial charge in [0.15, 0.2) is 0 Å². The van der Waals surface area contributed by atoms with E-state index < -0.39 is 0 Å². The summed E-state index contributed by atoms with van der Waals surface area (Å²) >= 11 is 0. The first-order valence-electron chi connectivity index (χ1n) is 8.86. The van der Waals surface area contributed by atoms with Crippen molar-refractivity contribution in [1.82, 2.24) is 20.0 Å². The Hall–Kier alpha value is -2.67. The normalized spacial score (nSPS) is 26.4. The highest BCUT2D eigenvalue weighted by atomic mass is 16.5. The number of hydrogen-bond donors (Lipinski definition) is 1. The maximum absolute atomic E-state index is 12.6. The molecule has 1 aromatic carbocycles. The van der Waals surface area contributed by atoms with E-state index in [1.165, 1.54) is 0 Å². The van der Waals surface area contributed by atoms with Crippen LogP contribution in [0.3, 0.4) is 0 Å². The van der Waals surface area contributed by atoms with Gasteiger partial charge in [-0.3, -0.25) is 14.4 Å². The van der Waals surface area contributed by atoms with Crippen molar-refractivity contribution in [3.05, 3.63) is 35.7 Å². The lowest BCUT2D eigenvalue weighted by Crippen LogP contribution is -2.32. The number of carbonyl (C=O) groups is 1. The third-order valence-electron chi connectivity index (χ3n) is 5.06. The molecule has 7 heteroatoms. The number of guanidine groups is 1. The number of nitrogens with zero attached hydrogens (tertiary/aromatic N) is 4. The Labute approximate surface area is 152 Å². The average molecular weight is 353 g/mol. The number of methoxy groups -OCH3 is 1. The van der Waals surface area contributed by atoms with Crippen LogP contribution in [-0.2, 0) is 16.6 Å². The van der Waals surface area contributed by atoms with E-state index in [2.05, 4.69) is 10.4 Å². The van der Waals surface area contributed by atoms with E-state index in [4.69, 9.17) is 9.73 Å². The number of likely N-dealkylation sites (N-methyl/N-ethyl adjacent to an activating group) is 1. The zero-order valence-corrected chi connectivity index (χ0v) is 15.3. The summed E-state index contributed by atoms with van der Waals surface area (Å²) in [4.78, 5) is 18.9. The van der Waals surface area contributed by atoms with Crippen molar-refractivity contribution in [2.45, 2.75) is 31.4 Å². The Balaban J connectivity index is 1.60. The maximum Gasteiger partial charge on any atom is 0.276 e. The molecule has 1 aliphatic heterocycles. The maximum atomic E-state index is 12.6. The van der Waals surface area contributed by atoms with Gasteiger partial charge in [-0.15, -0.1) is 0 Å². The van der Waals surface area contributed by atoms with Crippen LogP contribution in [0.2, 0.25) is 0 Å². The third-order valence-corrected chi connectivity index (χ3v) is 5.06. The standard InChI is InChI=1S/C19H23N5O2/c1-23-11-13-9-12(7-8-14(13)22-23)10-16-18(25)24(2)19(21-16)20-15-5-4-6-17(15)26-3/h7-11,15,17H,4-6H2,1-3H3,(H,20,21)/b16-10-/t15-,17-/m0/s1. The molecule has 0 spiro atoms. The van der Waals surface area contributed by atoms with E-state index in [-0.39, 0.29) is 18.1 Å². The summed E-state index contributed by atoms with van der Waals surface area (Å²) in [6, 6.07) is 6.05. The summed E-state index contributed by atoms with van der Waals surface area (Å²) in [6.07, 6.45) is 7.06. The molecule has 1 N–H and O–H groups in total. The van der Waals surface area contributed by atoms with Crippen LogP contribution < -0.4 is 5.32 Å². The third kappa shape index (κ3) is 2.99. The van der Waals surface area contributed by atoms with Crippen LogP contribution in [0, 0.1) is 0 Å². The van der Waals surface area contributed by atoms with Crippen LogP contribution in [0.5, 0.6) is 0 Å². The van der Waals surface area contributed by atoms with Crippen molar-refractivity contribution >= 4 is 28.8 Å². The van der Waals surface area contributed by atoms with Gasteiger partial charge in [-0.25, -0.2) is 4.99 Å². The largest absolute Gasteiger partial charge is 0.379 e.